The summed E-state index contributed by atoms with van der Waals surface area (Å²) < 4.78 is 11.4. The van der Waals surface area contributed by atoms with Crippen molar-refractivity contribution in [3.05, 3.63) is 35.9 Å². The molecule has 2 rings (SSSR count). The molecular formula is C12H14O2S2. The lowest BCUT2D eigenvalue weighted by Crippen LogP contribution is -2.39. The van der Waals surface area contributed by atoms with E-state index in [1.54, 1.807) is 6.92 Å². The Morgan fingerprint density at radius 1 is 1.38 bits per heavy atom. The molecule has 0 saturated carbocycles. The number of rotatable bonds is 2. The van der Waals surface area contributed by atoms with Gasteiger partial charge in [-0.15, -0.1) is 11.8 Å². The van der Waals surface area contributed by atoms with Gasteiger partial charge in [-0.25, -0.2) is 0 Å². The molecule has 1 heterocycles. The molecule has 0 unspecified atom stereocenters. The molecule has 0 N–H and O–H groups in total. The lowest BCUT2D eigenvalue weighted by molar-refractivity contribution is -0.117. The highest BCUT2D eigenvalue weighted by Crippen LogP contribution is 2.44. The largest absolute Gasteiger partial charge is 0.297 e. The number of benzene rings is 1. The van der Waals surface area contributed by atoms with Gasteiger partial charge in [0.1, 0.15) is 0 Å². The maximum absolute atomic E-state index is 12.2. The second-order valence-corrected chi connectivity index (χ2v) is 7.07. The fourth-order valence-electron chi connectivity index (χ4n) is 1.95. The van der Waals surface area contributed by atoms with E-state index in [9.17, 15) is 9.00 Å². The van der Waals surface area contributed by atoms with Gasteiger partial charge in [0, 0.05) is 16.6 Å². The minimum absolute atomic E-state index is 0.00160. The van der Waals surface area contributed by atoms with Crippen LogP contribution in [0.3, 0.4) is 0 Å². The van der Waals surface area contributed by atoms with E-state index in [0.29, 0.717) is 5.75 Å². The van der Waals surface area contributed by atoms with E-state index >= 15 is 0 Å². The molecule has 0 aliphatic carbocycles. The topological polar surface area (TPSA) is 34.1 Å². The Kier molecular flexibility index (Phi) is 3.50. The number of Topliss-reactive ketones (excluding diaryl/α,β-unsaturated/α-hetero) is 1. The molecule has 0 aromatic heterocycles. The molecule has 1 aromatic rings. The molecule has 1 aliphatic rings. The van der Waals surface area contributed by atoms with Gasteiger partial charge in [0.15, 0.2) is 9.86 Å². The lowest BCUT2D eigenvalue weighted by Gasteiger charge is -2.33. The van der Waals surface area contributed by atoms with Crippen LogP contribution in [0, 0.1) is 0 Å². The van der Waals surface area contributed by atoms with Crippen LogP contribution >= 0.6 is 11.8 Å². The van der Waals surface area contributed by atoms with Gasteiger partial charge in [0.2, 0.25) is 0 Å². The predicted octanol–water partition coefficient (Wildman–Crippen LogP) is 2.31. The number of carbonyl (C=O) groups is 1. The summed E-state index contributed by atoms with van der Waals surface area (Å²) in [7, 11) is -1.10. The number of hydrogen-bond donors (Lipinski definition) is 0. The van der Waals surface area contributed by atoms with Crippen molar-refractivity contribution in [1.29, 1.82) is 0 Å². The van der Waals surface area contributed by atoms with Gasteiger partial charge in [0.05, 0.1) is 0 Å². The zero-order chi connectivity index (χ0) is 11.6. The van der Waals surface area contributed by atoms with E-state index in [1.807, 2.05) is 30.3 Å². The smallest absolute Gasteiger partial charge is 0.174 e. The highest BCUT2D eigenvalue weighted by atomic mass is 32.2. The van der Waals surface area contributed by atoms with Crippen molar-refractivity contribution in [2.24, 2.45) is 0 Å². The fourth-order valence-corrected chi connectivity index (χ4v) is 5.66. The molecule has 1 aliphatic heterocycles. The third-order valence-electron chi connectivity index (χ3n) is 2.72. The average Bonchev–Trinajstić information content (AvgIpc) is 2.30. The SMILES string of the molecule is CC(=O)[C@@]1(c2ccccc2)SCCC[S@]1=O. The van der Waals surface area contributed by atoms with E-state index in [-0.39, 0.29) is 5.78 Å². The Hall–Kier alpha value is -0.610. The monoisotopic (exact) mass is 254 g/mol. The lowest BCUT2D eigenvalue weighted by atomic mass is 10.1. The molecule has 1 saturated heterocycles. The fraction of sp³-hybridized carbons (Fsp3) is 0.417. The van der Waals surface area contributed by atoms with Crippen molar-refractivity contribution in [2.75, 3.05) is 11.5 Å². The summed E-state index contributed by atoms with van der Waals surface area (Å²) in [5.41, 5.74) is 0.880. The van der Waals surface area contributed by atoms with Crippen molar-refractivity contribution < 1.29 is 9.00 Å². The van der Waals surface area contributed by atoms with E-state index in [2.05, 4.69) is 0 Å². The van der Waals surface area contributed by atoms with Crippen molar-refractivity contribution >= 4 is 28.3 Å². The molecule has 0 spiro atoms. The van der Waals surface area contributed by atoms with E-state index in [1.165, 1.54) is 11.8 Å². The van der Waals surface area contributed by atoms with Gasteiger partial charge < -0.3 is 0 Å². The first-order chi connectivity index (χ1) is 7.68. The van der Waals surface area contributed by atoms with Crippen LogP contribution in [-0.2, 0) is 19.7 Å². The minimum atomic E-state index is -1.10. The molecule has 0 radical (unpaired) electrons. The molecule has 86 valence electrons. The van der Waals surface area contributed by atoms with Crippen LogP contribution < -0.4 is 0 Å². The quantitative estimate of drug-likeness (QED) is 0.812. The van der Waals surface area contributed by atoms with E-state index in [4.69, 9.17) is 0 Å². The molecule has 2 atom stereocenters. The molecule has 1 aromatic carbocycles. The third-order valence-corrected chi connectivity index (χ3v) is 6.87. The first-order valence-electron chi connectivity index (χ1n) is 5.27. The molecule has 0 amide bonds. The standard InChI is InChI=1S/C12H14O2S2/c1-10(13)12(11-6-3-2-4-7-11)15-8-5-9-16(12)14/h2-4,6-7H,5,8-9H2,1H3/t12-,16-/m1/s1. The molecular weight excluding hydrogens is 240 g/mol. The number of carbonyl (C=O) groups excluding carboxylic acids is 1. The molecule has 1 fully saturated rings. The Morgan fingerprint density at radius 2 is 2.06 bits per heavy atom. The Morgan fingerprint density at radius 3 is 2.62 bits per heavy atom. The van der Waals surface area contributed by atoms with Crippen molar-refractivity contribution in [1.82, 2.24) is 0 Å². The number of thioether (sulfide) groups is 1. The summed E-state index contributed by atoms with van der Waals surface area (Å²) in [4.78, 5) is 11.9. The minimum Gasteiger partial charge on any atom is -0.297 e. The van der Waals surface area contributed by atoms with Crippen LogP contribution in [0.25, 0.3) is 0 Å². The van der Waals surface area contributed by atoms with Crippen LogP contribution in [0.1, 0.15) is 18.9 Å². The van der Waals surface area contributed by atoms with Gasteiger partial charge in [0.25, 0.3) is 0 Å². The summed E-state index contributed by atoms with van der Waals surface area (Å²) in [5.74, 6) is 1.53. The first kappa shape index (κ1) is 11.9. The number of hydrogen-bond acceptors (Lipinski definition) is 3. The molecule has 4 heteroatoms. The van der Waals surface area contributed by atoms with Crippen LogP contribution in [0.4, 0.5) is 0 Å². The van der Waals surface area contributed by atoms with Crippen LogP contribution in [0.5, 0.6) is 0 Å². The Labute approximate surface area is 102 Å². The van der Waals surface area contributed by atoms with Crippen LogP contribution in [0.15, 0.2) is 30.3 Å². The van der Waals surface area contributed by atoms with Gasteiger partial charge in [-0.3, -0.25) is 9.00 Å². The summed E-state index contributed by atoms with van der Waals surface area (Å²) in [5, 5.41) is 0. The zero-order valence-corrected chi connectivity index (χ0v) is 10.8. The average molecular weight is 254 g/mol. The van der Waals surface area contributed by atoms with Crippen LogP contribution in [0.2, 0.25) is 0 Å². The maximum atomic E-state index is 12.2. The normalized spacial score (nSPS) is 29.9. The summed E-state index contributed by atoms with van der Waals surface area (Å²) in [6.45, 7) is 1.54. The third kappa shape index (κ3) is 1.84. The molecule has 16 heavy (non-hydrogen) atoms. The summed E-state index contributed by atoms with van der Waals surface area (Å²) in [6.07, 6.45) is 0.930. The first-order valence-corrected chi connectivity index (χ1v) is 7.57. The highest BCUT2D eigenvalue weighted by Gasteiger charge is 2.45. The highest BCUT2D eigenvalue weighted by molar-refractivity contribution is 8.13. The maximum Gasteiger partial charge on any atom is 0.174 e. The molecule has 2 nitrogen and oxygen atoms in total. The van der Waals surface area contributed by atoms with Crippen molar-refractivity contribution in [3.63, 3.8) is 0 Å². The number of ketones is 1. The van der Waals surface area contributed by atoms with Gasteiger partial charge in [-0.2, -0.15) is 0 Å². The zero-order valence-electron chi connectivity index (χ0n) is 9.14. The van der Waals surface area contributed by atoms with Crippen LogP contribution in [-0.4, -0.2) is 21.5 Å². The second kappa shape index (κ2) is 4.72. The second-order valence-electron chi connectivity index (χ2n) is 3.79. The predicted molar refractivity (Wildman–Crippen MR) is 68.9 cm³/mol. The van der Waals surface area contributed by atoms with Gasteiger partial charge >= 0.3 is 0 Å². The van der Waals surface area contributed by atoms with Gasteiger partial charge in [-0.1, -0.05) is 30.3 Å². The van der Waals surface area contributed by atoms with E-state index < -0.39 is 14.9 Å². The van der Waals surface area contributed by atoms with E-state index in [0.717, 1.165) is 17.7 Å². The van der Waals surface area contributed by atoms with Crippen molar-refractivity contribution in [3.8, 4) is 0 Å². The molecule has 0 bridgehead atoms. The van der Waals surface area contributed by atoms with Gasteiger partial charge in [-0.05, 0) is 24.7 Å². The summed E-state index contributed by atoms with van der Waals surface area (Å²) in [6, 6.07) is 9.50. The van der Waals surface area contributed by atoms with Crippen molar-refractivity contribution in [2.45, 2.75) is 17.4 Å². The Balaban J connectivity index is 2.51. The Bertz CT molecular complexity index is 416. The summed E-state index contributed by atoms with van der Waals surface area (Å²) >= 11 is 1.53.